The standard InChI is InChI=1S/C21H23ClFNO5S/c1-14(25)15-7-8-19(17(13-15)16-5-3-4-6-18(16)22)30(27,28)24-11-9-21(23,10-12-24)20(26)29-2/h3-8,13-14,25H,9-12H2,1-2H3. The van der Waals surface area contributed by atoms with Gasteiger partial charge >= 0.3 is 5.97 Å². The van der Waals surface area contributed by atoms with E-state index >= 15 is 0 Å². The van der Waals surface area contributed by atoms with Gasteiger partial charge in [0.25, 0.3) is 0 Å². The summed E-state index contributed by atoms with van der Waals surface area (Å²) in [5, 5.41) is 10.3. The van der Waals surface area contributed by atoms with E-state index in [9.17, 15) is 22.7 Å². The molecule has 6 nitrogen and oxygen atoms in total. The number of nitrogens with zero attached hydrogens (tertiary/aromatic N) is 1. The number of esters is 1. The fourth-order valence-corrected chi connectivity index (χ4v) is 5.40. The lowest BCUT2D eigenvalue weighted by molar-refractivity contribution is -0.157. The second kappa shape index (κ2) is 8.63. The number of carbonyl (C=O) groups excluding carboxylic acids is 1. The minimum absolute atomic E-state index is 0.00410. The summed E-state index contributed by atoms with van der Waals surface area (Å²) in [6.07, 6.45) is -1.37. The Bertz CT molecular complexity index is 1050. The van der Waals surface area contributed by atoms with E-state index in [1.165, 1.54) is 12.1 Å². The zero-order valence-electron chi connectivity index (χ0n) is 16.6. The molecular formula is C21H23ClFNO5S. The van der Waals surface area contributed by atoms with Crippen molar-refractivity contribution in [1.29, 1.82) is 0 Å². The molecule has 0 radical (unpaired) electrons. The number of aliphatic hydroxyl groups excluding tert-OH is 1. The largest absolute Gasteiger partial charge is 0.467 e. The number of carbonyl (C=O) groups is 1. The maximum absolute atomic E-state index is 14.7. The minimum Gasteiger partial charge on any atom is -0.467 e. The molecule has 1 atom stereocenters. The first-order valence-electron chi connectivity index (χ1n) is 9.44. The van der Waals surface area contributed by atoms with Crippen LogP contribution in [-0.2, 0) is 19.6 Å². The average Bonchev–Trinajstić information content (AvgIpc) is 2.73. The smallest absolute Gasteiger partial charge is 0.343 e. The molecule has 1 unspecified atom stereocenters. The summed E-state index contributed by atoms with van der Waals surface area (Å²) in [6, 6.07) is 11.4. The molecule has 1 aliphatic rings. The Morgan fingerprint density at radius 1 is 1.20 bits per heavy atom. The van der Waals surface area contributed by atoms with Gasteiger partial charge in [-0.15, -0.1) is 0 Å². The fraction of sp³-hybridized carbons (Fsp3) is 0.381. The van der Waals surface area contributed by atoms with Crippen LogP contribution in [0.25, 0.3) is 11.1 Å². The van der Waals surface area contributed by atoms with E-state index in [0.717, 1.165) is 11.4 Å². The van der Waals surface area contributed by atoms with Gasteiger partial charge in [0.2, 0.25) is 15.7 Å². The topological polar surface area (TPSA) is 83.9 Å². The molecule has 2 aromatic carbocycles. The first-order valence-corrected chi connectivity index (χ1v) is 11.3. The maximum atomic E-state index is 14.7. The molecule has 1 N–H and O–H groups in total. The first-order chi connectivity index (χ1) is 14.1. The van der Waals surface area contributed by atoms with Gasteiger partial charge in [-0.2, -0.15) is 4.31 Å². The Morgan fingerprint density at radius 3 is 2.40 bits per heavy atom. The zero-order chi connectivity index (χ0) is 22.1. The molecule has 30 heavy (non-hydrogen) atoms. The van der Waals surface area contributed by atoms with Crippen LogP contribution < -0.4 is 0 Å². The van der Waals surface area contributed by atoms with Crippen molar-refractivity contribution in [3.05, 3.63) is 53.1 Å². The number of ether oxygens (including phenoxy) is 1. The second-order valence-corrected chi connectivity index (χ2v) is 9.59. The number of methoxy groups -OCH3 is 1. The molecule has 1 fully saturated rings. The highest BCUT2D eigenvalue weighted by atomic mass is 35.5. The SMILES string of the molecule is COC(=O)C1(F)CCN(S(=O)(=O)c2ccc(C(C)O)cc2-c2ccccc2Cl)CC1. The predicted molar refractivity (Wildman–Crippen MR) is 111 cm³/mol. The summed E-state index contributed by atoms with van der Waals surface area (Å²) >= 11 is 6.31. The summed E-state index contributed by atoms with van der Waals surface area (Å²) in [5.74, 6) is -0.988. The molecule has 3 rings (SSSR count). The van der Waals surface area contributed by atoms with Crippen molar-refractivity contribution in [2.24, 2.45) is 0 Å². The van der Waals surface area contributed by atoms with Crippen LogP contribution in [0.5, 0.6) is 0 Å². The molecule has 0 aliphatic carbocycles. The quantitative estimate of drug-likeness (QED) is 0.694. The molecule has 2 aromatic rings. The van der Waals surface area contributed by atoms with Crippen molar-refractivity contribution in [1.82, 2.24) is 4.31 Å². The Hall–Kier alpha value is -2.00. The predicted octanol–water partition coefficient (Wildman–Crippen LogP) is 3.73. The van der Waals surface area contributed by atoms with Crippen LogP contribution in [0.1, 0.15) is 31.4 Å². The number of alkyl halides is 1. The number of benzene rings is 2. The molecule has 0 saturated carbocycles. The number of piperidine rings is 1. The number of halogens is 2. The van der Waals surface area contributed by atoms with Crippen LogP contribution in [0, 0.1) is 0 Å². The number of sulfonamides is 1. The lowest BCUT2D eigenvalue weighted by atomic mass is 9.95. The summed E-state index contributed by atoms with van der Waals surface area (Å²) in [6.45, 7) is 1.26. The van der Waals surface area contributed by atoms with Crippen molar-refractivity contribution in [2.45, 2.75) is 36.4 Å². The number of hydrogen-bond acceptors (Lipinski definition) is 5. The van der Waals surface area contributed by atoms with Crippen molar-refractivity contribution in [2.75, 3.05) is 20.2 Å². The highest BCUT2D eigenvalue weighted by Crippen LogP contribution is 2.37. The van der Waals surface area contributed by atoms with Gasteiger partial charge in [-0.25, -0.2) is 17.6 Å². The van der Waals surface area contributed by atoms with Gasteiger partial charge in [0.15, 0.2) is 0 Å². The second-order valence-electron chi connectivity index (χ2n) is 7.27. The lowest BCUT2D eigenvalue weighted by Crippen LogP contribution is -2.48. The molecule has 1 saturated heterocycles. The Labute approximate surface area is 180 Å². The van der Waals surface area contributed by atoms with Crippen LogP contribution in [0.2, 0.25) is 5.02 Å². The average molecular weight is 456 g/mol. The summed E-state index contributed by atoms with van der Waals surface area (Å²) in [7, 11) is -2.90. The molecule has 9 heteroatoms. The number of hydrogen-bond donors (Lipinski definition) is 1. The third-order valence-electron chi connectivity index (χ3n) is 5.33. The Balaban J connectivity index is 2.03. The van der Waals surface area contributed by atoms with E-state index in [1.54, 1.807) is 37.3 Å². The van der Waals surface area contributed by atoms with E-state index in [1.807, 2.05) is 0 Å². The van der Waals surface area contributed by atoms with Crippen LogP contribution in [0.3, 0.4) is 0 Å². The number of aliphatic hydroxyl groups is 1. The number of rotatable bonds is 5. The maximum Gasteiger partial charge on any atom is 0.343 e. The van der Waals surface area contributed by atoms with E-state index < -0.39 is 27.8 Å². The van der Waals surface area contributed by atoms with Crippen molar-refractivity contribution < 1.29 is 27.4 Å². The van der Waals surface area contributed by atoms with Crippen molar-refractivity contribution in [3.8, 4) is 11.1 Å². The molecule has 0 amide bonds. The van der Waals surface area contributed by atoms with E-state index in [0.29, 0.717) is 21.7 Å². The van der Waals surface area contributed by atoms with Gasteiger partial charge < -0.3 is 9.84 Å². The monoisotopic (exact) mass is 455 g/mol. The molecule has 162 valence electrons. The zero-order valence-corrected chi connectivity index (χ0v) is 18.2. The van der Waals surface area contributed by atoms with Gasteiger partial charge in [0, 0.05) is 42.1 Å². The molecule has 0 spiro atoms. The molecular weight excluding hydrogens is 433 g/mol. The van der Waals surface area contributed by atoms with E-state index in [2.05, 4.69) is 4.74 Å². The van der Waals surface area contributed by atoms with E-state index in [-0.39, 0.29) is 30.8 Å². The third kappa shape index (κ3) is 4.23. The molecule has 1 aliphatic heterocycles. The van der Waals surface area contributed by atoms with Gasteiger partial charge in [-0.1, -0.05) is 35.9 Å². The third-order valence-corrected chi connectivity index (χ3v) is 7.62. The Kier molecular flexibility index (Phi) is 6.52. The highest BCUT2D eigenvalue weighted by molar-refractivity contribution is 7.89. The van der Waals surface area contributed by atoms with Crippen molar-refractivity contribution in [3.63, 3.8) is 0 Å². The minimum atomic E-state index is -4.01. The molecule has 0 bridgehead atoms. The normalized spacial score (nSPS) is 18.0. The summed E-state index contributed by atoms with van der Waals surface area (Å²) < 4.78 is 47.2. The first kappa shape index (κ1) is 22.7. The summed E-state index contributed by atoms with van der Waals surface area (Å²) in [5.41, 5.74) is -0.797. The van der Waals surface area contributed by atoms with E-state index in [4.69, 9.17) is 11.6 Å². The van der Waals surface area contributed by atoms with Gasteiger partial charge in [-0.05, 0) is 30.7 Å². The lowest BCUT2D eigenvalue weighted by Gasteiger charge is -2.34. The van der Waals surface area contributed by atoms with Crippen LogP contribution >= 0.6 is 11.6 Å². The fourth-order valence-electron chi connectivity index (χ4n) is 3.53. The van der Waals surface area contributed by atoms with Gasteiger partial charge in [-0.3, -0.25) is 0 Å². The highest BCUT2D eigenvalue weighted by Gasteiger charge is 2.45. The Morgan fingerprint density at radius 2 is 1.83 bits per heavy atom. The van der Waals surface area contributed by atoms with Crippen LogP contribution in [-0.4, -0.2) is 49.7 Å². The van der Waals surface area contributed by atoms with Crippen LogP contribution in [0.4, 0.5) is 4.39 Å². The van der Waals surface area contributed by atoms with Crippen LogP contribution in [0.15, 0.2) is 47.4 Å². The van der Waals surface area contributed by atoms with Gasteiger partial charge in [0.05, 0.1) is 18.1 Å². The summed E-state index contributed by atoms with van der Waals surface area (Å²) in [4.78, 5) is 11.7. The van der Waals surface area contributed by atoms with Crippen molar-refractivity contribution >= 4 is 27.6 Å². The molecule has 0 aromatic heterocycles. The van der Waals surface area contributed by atoms with Gasteiger partial charge in [0.1, 0.15) is 0 Å². The molecule has 1 heterocycles.